The van der Waals surface area contributed by atoms with E-state index in [1.54, 1.807) is 0 Å². The predicted octanol–water partition coefficient (Wildman–Crippen LogP) is 2.54. The van der Waals surface area contributed by atoms with Crippen LogP contribution in [0.25, 0.3) is 0 Å². The molecule has 0 aliphatic carbocycles. The number of hydrogen-bond acceptors (Lipinski definition) is 3. The van der Waals surface area contributed by atoms with E-state index in [2.05, 4.69) is 10.6 Å². The molecule has 2 aliphatic heterocycles. The van der Waals surface area contributed by atoms with E-state index < -0.39 is 0 Å². The molecule has 0 saturated carbocycles. The highest BCUT2D eigenvalue weighted by molar-refractivity contribution is 5.94. The van der Waals surface area contributed by atoms with Crippen molar-refractivity contribution in [2.45, 2.75) is 25.6 Å². The summed E-state index contributed by atoms with van der Waals surface area (Å²) in [5.74, 6) is 0.855. The second-order valence-corrected chi connectivity index (χ2v) is 5.79. The lowest BCUT2D eigenvalue weighted by Crippen LogP contribution is -2.32. The Hall–Kier alpha value is -2.33. The van der Waals surface area contributed by atoms with Crippen LogP contribution in [0.2, 0.25) is 0 Å². The second-order valence-electron chi connectivity index (χ2n) is 5.79. The van der Waals surface area contributed by atoms with E-state index in [1.807, 2.05) is 42.5 Å². The van der Waals surface area contributed by atoms with Gasteiger partial charge in [0.2, 0.25) is 0 Å². The van der Waals surface area contributed by atoms with Crippen molar-refractivity contribution in [3.63, 3.8) is 0 Å². The van der Waals surface area contributed by atoms with Crippen LogP contribution in [0.3, 0.4) is 0 Å². The normalized spacial score (nSPS) is 19.0. The third-order valence-electron chi connectivity index (χ3n) is 4.36. The molecule has 0 aromatic heterocycles. The van der Waals surface area contributed by atoms with E-state index >= 15 is 0 Å². The summed E-state index contributed by atoms with van der Waals surface area (Å²) in [5.41, 5.74) is 4.30. The molecule has 0 fully saturated rings. The first-order valence-electron chi connectivity index (χ1n) is 7.66. The molecule has 2 aliphatic rings. The van der Waals surface area contributed by atoms with E-state index in [1.165, 1.54) is 11.1 Å². The van der Waals surface area contributed by atoms with Gasteiger partial charge in [0.25, 0.3) is 5.91 Å². The number of ether oxygens (including phenoxy) is 1. The Morgan fingerprint density at radius 2 is 2.00 bits per heavy atom. The van der Waals surface area contributed by atoms with Crippen LogP contribution in [0.4, 0.5) is 0 Å². The monoisotopic (exact) mass is 294 g/mol. The average molecular weight is 294 g/mol. The van der Waals surface area contributed by atoms with Crippen LogP contribution in [0, 0.1) is 0 Å². The molecule has 1 unspecified atom stereocenters. The first-order valence-corrected chi connectivity index (χ1v) is 7.66. The molecule has 4 rings (SSSR count). The molecule has 1 amide bonds. The van der Waals surface area contributed by atoms with Gasteiger partial charge in [0.05, 0.1) is 12.6 Å². The van der Waals surface area contributed by atoms with Gasteiger partial charge in [-0.05, 0) is 29.3 Å². The van der Waals surface area contributed by atoms with Gasteiger partial charge in [-0.25, -0.2) is 0 Å². The Morgan fingerprint density at radius 3 is 2.95 bits per heavy atom. The Labute approximate surface area is 129 Å². The molecule has 4 nitrogen and oxygen atoms in total. The molecule has 112 valence electrons. The van der Waals surface area contributed by atoms with Gasteiger partial charge in [-0.2, -0.15) is 0 Å². The summed E-state index contributed by atoms with van der Waals surface area (Å²) in [6, 6.07) is 13.9. The number of para-hydroxylation sites is 1. The summed E-state index contributed by atoms with van der Waals surface area (Å²) in [4.78, 5) is 12.6. The maximum absolute atomic E-state index is 12.6. The molecule has 1 atom stereocenters. The molecule has 2 aromatic rings. The fourth-order valence-electron chi connectivity index (χ4n) is 3.17. The zero-order valence-electron chi connectivity index (χ0n) is 12.3. The van der Waals surface area contributed by atoms with E-state index in [-0.39, 0.29) is 11.9 Å². The minimum absolute atomic E-state index is 0.0172. The van der Waals surface area contributed by atoms with Gasteiger partial charge in [-0.3, -0.25) is 4.79 Å². The highest BCUT2D eigenvalue weighted by Crippen LogP contribution is 2.31. The topological polar surface area (TPSA) is 50.4 Å². The van der Waals surface area contributed by atoms with E-state index in [0.717, 1.165) is 36.4 Å². The van der Waals surface area contributed by atoms with Gasteiger partial charge in [0, 0.05) is 30.6 Å². The predicted molar refractivity (Wildman–Crippen MR) is 83.7 cm³/mol. The van der Waals surface area contributed by atoms with Crippen LogP contribution in [0.1, 0.15) is 39.5 Å². The van der Waals surface area contributed by atoms with Crippen LogP contribution in [-0.2, 0) is 13.1 Å². The Balaban J connectivity index is 1.55. The largest absolute Gasteiger partial charge is 0.493 e. The van der Waals surface area contributed by atoms with Crippen molar-refractivity contribution in [1.82, 2.24) is 10.6 Å². The highest BCUT2D eigenvalue weighted by Gasteiger charge is 2.23. The smallest absolute Gasteiger partial charge is 0.251 e. The third kappa shape index (κ3) is 2.35. The lowest BCUT2D eigenvalue weighted by Gasteiger charge is -2.26. The van der Waals surface area contributed by atoms with Gasteiger partial charge in [-0.15, -0.1) is 0 Å². The summed E-state index contributed by atoms with van der Waals surface area (Å²) in [6.45, 7) is 2.37. The minimum atomic E-state index is -0.0172. The lowest BCUT2D eigenvalue weighted by molar-refractivity contribution is 0.0924. The second kappa shape index (κ2) is 5.46. The summed E-state index contributed by atoms with van der Waals surface area (Å²) in [7, 11) is 0. The quantitative estimate of drug-likeness (QED) is 0.895. The van der Waals surface area contributed by atoms with Crippen LogP contribution < -0.4 is 15.4 Å². The maximum atomic E-state index is 12.6. The molecular formula is C18H18N2O2. The minimum Gasteiger partial charge on any atom is -0.493 e. The fourth-order valence-corrected chi connectivity index (χ4v) is 3.17. The number of fused-ring (bicyclic) bond motifs is 2. The van der Waals surface area contributed by atoms with Crippen molar-refractivity contribution in [2.24, 2.45) is 0 Å². The highest BCUT2D eigenvalue weighted by atomic mass is 16.5. The van der Waals surface area contributed by atoms with Crippen molar-refractivity contribution in [3.8, 4) is 5.75 Å². The number of carbonyl (C=O) groups excluding carboxylic acids is 1. The standard InChI is InChI=1S/C18H18N2O2/c21-18(12-5-6-13-10-19-11-14(13)9-12)20-16-7-8-22-17-4-2-1-3-15(16)17/h1-6,9,16,19H,7-8,10-11H2,(H,20,21). The summed E-state index contributed by atoms with van der Waals surface area (Å²) in [6.07, 6.45) is 0.801. The molecule has 0 saturated heterocycles. The molecule has 0 bridgehead atoms. The van der Waals surface area contributed by atoms with Crippen molar-refractivity contribution in [2.75, 3.05) is 6.61 Å². The van der Waals surface area contributed by atoms with Gasteiger partial charge in [0.1, 0.15) is 5.75 Å². The van der Waals surface area contributed by atoms with Gasteiger partial charge in [-0.1, -0.05) is 24.3 Å². The molecule has 4 heteroatoms. The zero-order chi connectivity index (χ0) is 14.9. The van der Waals surface area contributed by atoms with Crippen molar-refractivity contribution in [3.05, 3.63) is 64.7 Å². The van der Waals surface area contributed by atoms with Crippen molar-refractivity contribution in [1.29, 1.82) is 0 Å². The van der Waals surface area contributed by atoms with Gasteiger partial charge >= 0.3 is 0 Å². The van der Waals surface area contributed by atoms with Gasteiger partial charge < -0.3 is 15.4 Å². The Kier molecular flexibility index (Phi) is 3.31. The first-order chi connectivity index (χ1) is 10.8. The summed E-state index contributed by atoms with van der Waals surface area (Å²) >= 11 is 0. The number of nitrogens with one attached hydrogen (secondary N) is 2. The molecule has 22 heavy (non-hydrogen) atoms. The van der Waals surface area contributed by atoms with E-state index in [4.69, 9.17) is 4.74 Å². The molecule has 2 N–H and O–H groups in total. The van der Waals surface area contributed by atoms with Gasteiger partial charge in [0.15, 0.2) is 0 Å². The van der Waals surface area contributed by atoms with Crippen LogP contribution in [-0.4, -0.2) is 12.5 Å². The number of carbonyl (C=O) groups is 1. The molecular weight excluding hydrogens is 276 g/mol. The number of rotatable bonds is 2. The summed E-state index contributed by atoms with van der Waals surface area (Å²) < 4.78 is 5.64. The zero-order valence-corrected chi connectivity index (χ0v) is 12.3. The van der Waals surface area contributed by atoms with Crippen molar-refractivity contribution >= 4 is 5.91 Å². The Bertz CT molecular complexity index is 727. The lowest BCUT2D eigenvalue weighted by atomic mass is 9.99. The number of amides is 1. The van der Waals surface area contributed by atoms with Crippen LogP contribution in [0.5, 0.6) is 5.75 Å². The molecule has 0 spiro atoms. The third-order valence-corrected chi connectivity index (χ3v) is 4.36. The number of hydrogen-bond donors (Lipinski definition) is 2. The molecule has 2 heterocycles. The molecule has 0 radical (unpaired) electrons. The first kappa shape index (κ1) is 13.3. The summed E-state index contributed by atoms with van der Waals surface area (Å²) in [5, 5.41) is 6.44. The maximum Gasteiger partial charge on any atom is 0.251 e. The number of benzene rings is 2. The van der Waals surface area contributed by atoms with E-state index in [0.29, 0.717) is 6.61 Å². The fraction of sp³-hybridized carbons (Fsp3) is 0.278. The van der Waals surface area contributed by atoms with Crippen LogP contribution >= 0.6 is 0 Å². The average Bonchev–Trinajstić information content (AvgIpc) is 3.02. The van der Waals surface area contributed by atoms with E-state index in [9.17, 15) is 4.79 Å². The van der Waals surface area contributed by atoms with Crippen LogP contribution in [0.15, 0.2) is 42.5 Å². The SMILES string of the molecule is O=C(NC1CCOc2ccccc21)c1ccc2c(c1)CNC2. The Morgan fingerprint density at radius 1 is 1.14 bits per heavy atom. The van der Waals surface area contributed by atoms with Crippen molar-refractivity contribution < 1.29 is 9.53 Å². The molecule has 2 aromatic carbocycles.